The van der Waals surface area contributed by atoms with Gasteiger partial charge in [-0.1, -0.05) is 62.4 Å². The Labute approximate surface area is 203 Å². The number of benzene rings is 2. The minimum absolute atomic E-state index is 0.0458. The summed E-state index contributed by atoms with van der Waals surface area (Å²) in [4.78, 5) is 36.7. The fourth-order valence-corrected chi connectivity index (χ4v) is 4.43. The van der Waals surface area contributed by atoms with E-state index in [4.69, 9.17) is 4.74 Å². The summed E-state index contributed by atoms with van der Waals surface area (Å²) in [6, 6.07) is 15.7. The molecular formula is C26H28N4O5. The number of hydrogen-bond acceptors (Lipinski definition) is 5. The number of aryl methyl sites for hydroxylation is 1. The van der Waals surface area contributed by atoms with Gasteiger partial charge in [0.2, 0.25) is 5.91 Å². The molecule has 2 aromatic carbocycles. The van der Waals surface area contributed by atoms with Crippen LogP contribution in [0.1, 0.15) is 47.8 Å². The Balaban J connectivity index is 1.38. The van der Waals surface area contributed by atoms with Gasteiger partial charge in [0.1, 0.15) is 6.61 Å². The summed E-state index contributed by atoms with van der Waals surface area (Å²) in [6.45, 7) is 3.94. The molecule has 0 fully saturated rings. The van der Waals surface area contributed by atoms with E-state index >= 15 is 0 Å². The van der Waals surface area contributed by atoms with Crippen molar-refractivity contribution in [1.29, 1.82) is 0 Å². The second-order valence-corrected chi connectivity index (χ2v) is 8.91. The lowest BCUT2D eigenvalue weighted by Gasteiger charge is -2.22. The first-order chi connectivity index (χ1) is 16.8. The second kappa shape index (κ2) is 10.0. The molecule has 182 valence electrons. The molecule has 0 spiro atoms. The van der Waals surface area contributed by atoms with E-state index in [1.165, 1.54) is 17.9 Å². The molecule has 0 radical (unpaired) electrons. The molecule has 9 nitrogen and oxygen atoms in total. The van der Waals surface area contributed by atoms with E-state index in [1.54, 1.807) is 0 Å². The number of aromatic nitrogens is 2. The van der Waals surface area contributed by atoms with Gasteiger partial charge in [0.25, 0.3) is 0 Å². The number of nitrogens with one attached hydrogen (secondary N) is 2. The maximum absolute atomic E-state index is 12.7. The van der Waals surface area contributed by atoms with Crippen LogP contribution in [0.5, 0.6) is 0 Å². The van der Waals surface area contributed by atoms with Gasteiger partial charge in [-0.05, 0) is 28.2 Å². The van der Waals surface area contributed by atoms with Crippen molar-refractivity contribution in [3.05, 3.63) is 71.5 Å². The van der Waals surface area contributed by atoms with Crippen LogP contribution in [-0.4, -0.2) is 45.5 Å². The molecule has 1 aliphatic rings. The van der Waals surface area contributed by atoms with E-state index in [1.807, 2.05) is 50.2 Å². The number of carboxylic acids is 1. The number of alkyl carbamates (subject to hydrolysis) is 1. The van der Waals surface area contributed by atoms with Crippen molar-refractivity contribution < 1.29 is 24.2 Å². The number of rotatable bonds is 8. The lowest BCUT2D eigenvalue weighted by molar-refractivity contribution is -0.116. The van der Waals surface area contributed by atoms with Gasteiger partial charge in [-0.3, -0.25) is 9.48 Å². The van der Waals surface area contributed by atoms with Crippen LogP contribution in [-0.2, 0) is 16.6 Å². The van der Waals surface area contributed by atoms with Crippen LogP contribution in [0.2, 0.25) is 0 Å². The third-order valence-electron chi connectivity index (χ3n) is 6.27. The lowest BCUT2D eigenvalue weighted by atomic mass is 9.98. The first-order valence-corrected chi connectivity index (χ1v) is 11.4. The Morgan fingerprint density at radius 1 is 1.06 bits per heavy atom. The molecule has 1 atom stereocenters. The minimum Gasteiger partial charge on any atom is -0.476 e. The highest BCUT2D eigenvalue weighted by atomic mass is 16.5. The van der Waals surface area contributed by atoms with Crippen LogP contribution in [0, 0.1) is 5.92 Å². The van der Waals surface area contributed by atoms with E-state index in [0.717, 1.165) is 22.3 Å². The highest BCUT2D eigenvalue weighted by Gasteiger charge is 2.30. The number of carboxylic acid groups (broad SMARTS) is 1. The first-order valence-electron chi connectivity index (χ1n) is 11.4. The maximum Gasteiger partial charge on any atom is 0.407 e. The van der Waals surface area contributed by atoms with E-state index in [2.05, 4.69) is 27.9 Å². The van der Waals surface area contributed by atoms with Crippen LogP contribution >= 0.6 is 0 Å². The molecule has 35 heavy (non-hydrogen) atoms. The quantitative estimate of drug-likeness (QED) is 0.452. The maximum atomic E-state index is 12.7. The molecule has 0 saturated heterocycles. The number of amides is 2. The molecule has 0 bridgehead atoms. The van der Waals surface area contributed by atoms with Crippen LogP contribution in [0.15, 0.2) is 54.7 Å². The number of carbonyl (C=O) groups excluding carboxylic acids is 2. The predicted molar refractivity (Wildman–Crippen MR) is 130 cm³/mol. The normalized spacial score (nSPS) is 13.1. The zero-order valence-corrected chi connectivity index (χ0v) is 19.8. The smallest absolute Gasteiger partial charge is 0.407 e. The molecular weight excluding hydrogens is 448 g/mol. The van der Waals surface area contributed by atoms with Gasteiger partial charge >= 0.3 is 12.1 Å². The topological polar surface area (TPSA) is 123 Å². The third kappa shape index (κ3) is 5.03. The van der Waals surface area contributed by atoms with Crippen molar-refractivity contribution in [2.24, 2.45) is 13.0 Å². The molecule has 1 aliphatic carbocycles. The van der Waals surface area contributed by atoms with Crippen molar-refractivity contribution in [3.63, 3.8) is 0 Å². The molecule has 0 aliphatic heterocycles. The SMILES string of the molecule is CC(C)C(CC(=O)Nc1cnn(C)c1C(=O)O)NC(=O)OCC1c2ccccc2-c2ccccc21. The van der Waals surface area contributed by atoms with Crippen LogP contribution in [0.25, 0.3) is 11.1 Å². The van der Waals surface area contributed by atoms with Crippen LogP contribution < -0.4 is 10.6 Å². The van der Waals surface area contributed by atoms with Crippen molar-refractivity contribution in [2.75, 3.05) is 11.9 Å². The Morgan fingerprint density at radius 3 is 2.23 bits per heavy atom. The summed E-state index contributed by atoms with van der Waals surface area (Å²) in [5.41, 5.74) is 4.51. The summed E-state index contributed by atoms with van der Waals surface area (Å²) < 4.78 is 6.77. The Hall–Kier alpha value is -4.14. The fraction of sp³-hybridized carbons (Fsp3) is 0.308. The zero-order chi connectivity index (χ0) is 25.1. The van der Waals surface area contributed by atoms with Gasteiger partial charge in [0.15, 0.2) is 5.69 Å². The number of fused-ring (bicyclic) bond motifs is 3. The monoisotopic (exact) mass is 476 g/mol. The van der Waals surface area contributed by atoms with Crippen molar-refractivity contribution >= 4 is 23.7 Å². The number of hydrogen-bond donors (Lipinski definition) is 3. The van der Waals surface area contributed by atoms with Gasteiger partial charge in [-0.25, -0.2) is 9.59 Å². The molecule has 1 heterocycles. The Morgan fingerprint density at radius 2 is 1.66 bits per heavy atom. The first kappa shape index (κ1) is 24.0. The second-order valence-electron chi connectivity index (χ2n) is 8.91. The summed E-state index contributed by atoms with van der Waals surface area (Å²) in [6.07, 6.45) is 0.631. The Bertz CT molecular complexity index is 1220. The molecule has 3 aromatic rings. The predicted octanol–water partition coefficient (Wildman–Crippen LogP) is 4.01. The summed E-state index contributed by atoms with van der Waals surface area (Å²) >= 11 is 0. The van der Waals surface area contributed by atoms with E-state index in [9.17, 15) is 19.5 Å². The van der Waals surface area contributed by atoms with Crippen molar-refractivity contribution in [2.45, 2.75) is 32.2 Å². The van der Waals surface area contributed by atoms with Gasteiger partial charge < -0.3 is 20.5 Å². The molecule has 1 aromatic heterocycles. The van der Waals surface area contributed by atoms with Gasteiger partial charge in [-0.15, -0.1) is 0 Å². The molecule has 1 unspecified atom stereocenters. The van der Waals surface area contributed by atoms with E-state index < -0.39 is 24.0 Å². The highest BCUT2D eigenvalue weighted by Crippen LogP contribution is 2.44. The number of ether oxygens (including phenoxy) is 1. The van der Waals surface area contributed by atoms with Gasteiger partial charge in [-0.2, -0.15) is 5.10 Å². The minimum atomic E-state index is -1.20. The average molecular weight is 477 g/mol. The van der Waals surface area contributed by atoms with Crippen LogP contribution in [0.3, 0.4) is 0 Å². The Kier molecular flexibility index (Phi) is 6.86. The average Bonchev–Trinajstić information content (AvgIpc) is 3.34. The number of carbonyl (C=O) groups is 3. The molecule has 0 saturated carbocycles. The van der Waals surface area contributed by atoms with Crippen molar-refractivity contribution in [3.8, 4) is 11.1 Å². The van der Waals surface area contributed by atoms with Gasteiger partial charge in [0.05, 0.1) is 11.9 Å². The number of anilines is 1. The van der Waals surface area contributed by atoms with Crippen LogP contribution in [0.4, 0.5) is 10.5 Å². The molecule has 4 rings (SSSR count). The fourth-order valence-electron chi connectivity index (χ4n) is 4.43. The highest BCUT2D eigenvalue weighted by molar-refractivity contribution is 5.99. The lowest BCUT2D eigenvalue weighted by Crippen LogP contribution is -2.41. The van der Waals surface area contributed by atoms with E-state index in [0.29, 0.717) is 0 Å². The molecule has 3 N–H and O–H groups in total. The molecule has 9 heteroatoms. The largest absolute Gasteiger partial charge is 0.476 e. The third-order valence-corrected chi connectivity index (χ3v) is 6.27. The number of nitrogens with zero attached hydrogens (tertiary/aromatic N) is 2. The molecule has 2 amide bonds. The summed E-state index contributed by atoms with van der Waals surface area (Å²) in [7, 11) is 1.48. The number of aromatic carboxylic acids is 1. The zero-order valence-electron chi connectivity index (χ0n) is 19.8. The van der Waals surface area contributed by atoms with Crippen molar-refractivity contribution in [1.82, 2.24) is 15.1 Å². The summed E-state index contributed by atoms with van der Waals surface area (Å²) in [5, 5.41) is 18.6. The standard InChI is InChI=1S/C26H28N4O5/c1-15(2)21(12-23(31)28-22-13-27-30(3)24(22)25(32)33)29-26(34)35-14-20-18-10-6-4-8-16(18)17-9-5-7-11-19(17)20/h4-11,13,15,20-21H,12,14H2,1-3H3,(H,28,31)(H,29,34)(H,32,33). The summed E-state index contributed by atoms with van der Waals surface area (Å²) in [5.74, 6) is -1.75. The van der Waals surface area contributed by atoms with Gasteiger partial charge in [0, 0.05) is 25.4 Å². The van der Waals surface area contributed by atoms with E-state index in [-0.39, 0.29) is 36.2 Å².